The van der Waals surface area contributed by atoms with Crippen molar-refractivity contribution in [2.45, 2.75) is 13.0 Å². The van der Waals surface area contributed by atoms with Crippen molar-refractivity contribution in [3.8, 4) is 5.75 Å². The van der Waals surface area contributed by atoms with Gasteiger partial charge in [-0.15, -0.1) is 0 Å². The molecule has 5 heteroatoms. The van der Waals surface area contributed by atoms with Crippen LogP contribution in [0.2, 0.25) is 0 Å². The van der Waals surface area contributed by atoms with E-state index in [0.717, 1.165) is 11.1 Å². The third-order valence-electron chi connectivity index (χ3n) is 3.79. The minimum absolute atomic E-state index is 0.273. The number of nitrogens with two attached hydrogens (primary N) is 1. The van der Waals surface area contributed by atoms with Crippen LogP contribution in [0, 0.1) is 5.82 Å². The van der Waals surface area contributed by atoms with Crippen LogP contribution < -0.4 is 5.73 Å². The van der Waals surface area contributed by atoms with Gasteiger partial charge in [0.25, 0.3) is 5.91 Å². The maximum atomic E-state index is 13.8. The van der Waals surface area contributed by atoms with Gasteiger partial charge in [-0.3, -0.25) is 4.79 Å². The number of benzene rings is 2. The maximum absolute atomic E-state index is 13.8. The van der Waals surface area contributed by atoms with Gasteiger partial charge in [0, 0.05) is 18.8 Å². The summed E-state index contributed by atoms with van der Waals surface area (Å²) in [7, 11) is 0. The molecule has 0 atom stereocenters. The van der Waals surface area contributed by atoms with E-state index >= 15 is 0 Å². The summed E-state index contributed by atoms with van der Waals surface area (Å²) in [4.78, 5) is 14.0. The Hall–Kier alpha value is -2.56. The van der Waals surface area contributed by atoms with E-state index in [9.17, 15) is 14.3 Å². The number of halogens is 1. The topological polar surface area (TPSA) is 66.6 Å². The fraction of sp³-hybridized carbons (Fsp3) is 0.188. The lowest BCUT2D eigenvalue weighted by Crippen LogP contribution is -2.36. The molecule has 0 saturated carbocycles. The van der Waals surface area contributed by atoms with Crippen LogP contribution in [0.3, 0.4) is 0 Å². The van der Waals surface area contributed by atoms with Gasteiger partial charge in [-0.05, 0) is 35.7 Å². The molecular weight excluding hydrogens is 271 g/mol. The summed E-state index contributed by atoms with van der Waals surface area (Å²) in [6.45, 7) is 0.820. The normalized spacial score (nSPS) is 13.9. The lowest BCUT2D eigenvalue weighted by molar-refractivity contribution is 0.0727. The number of rotatable bonds is 1. The van der Waals surface area contributed by atoms with Gasteiger partial charge in [-0.2, -0.15) is 0 Å². The molecule has 0 aliphatic carbocycles. The Bertz CT molecular complexity index is 695. The second-order valence-corrected chi connectivity index (χ2v) is 5.10. The molecule has 1 aliphatic heterocycles. The van der Waals surface area contributed by atoms with Crippen LogP contribution in [0.15, 0.2) is 36.4 Å². The van der Waals surface area contributed by atoms with Crippen LogP contribution in [0.5, 0.6) is 5.75 Å². The number of phenols is 1. The van der Waals surface area contributed by atoms with Gasteiger partial charge in [-0.1, -0.05) is 18.2 Å². The first-order valence-corrected chi connectivity index (χ1v) is 6.71. The van der Waals surface area contributed by atoms with E-state index in [0.29, 0.717) is 25.2 Å². The number of aromatic hydroxyl groups is 1. The molecule has 0 saturated heterocycles. The Morgan fingerprint density at radius 3 is 2.76 bits per heavy atom. The van der Waals surface area contributed by atoms with E-state index in [1.165, 1.54) is 23.1 Å². The number of carbonyl (C=O) groups excluding carboxylic acids is 1. The maximum Gasteiger partial charge on any atom is 0.260 e. The van der Waals surface area contributed by atoms with Crippen molar-refractivity contribution >= 4 is 11.6 Å². The number of hydrogen-bond acceptors (Lipinski definition) is 3. The van der Waals surface area contributed by atoms with Gasteiger partial charge in [0.2, 0.25) is 0 Å². The Morgan fingerprint density at radius 2 is 2.00 bits per heavy atom. The zero-order valence-electron chi connectivity index (χ0n) is 11.3. The van der Waals surface area contributed by atoms with Crippen molar-refractivity contribution in [2.75, 3.05) is 12.3 Å². The molecule has 1 heterocycles. The van der Waals surface area contributed by atoms with Crippen LogP contribution in [0.25, 0.3) is 0 Å². The summed E-state index contributed by atoms with van der Waals surface area (Å²) in [6, 6.07) is 9.43. The van der Waals surface area contributed by atoms with E-state index in [2.05, 4.69) is 0 Å². The third-order valence-corrected chi connectivity index (χ3v) is 3.79. The Labute approximate surface area is 121 Å². The van der Waals surface area contributed by atoms with Crippen LogP contribution in [-0.4, -0.2) is 22.5 Å². The van der Waals surface area contributed by atoms with Crippen molar-refractivity contribution in [1.29, 1.82) is 0 Å². The summed E-state index contributed by atoms with van der Waals surface area (Å²) in [5.41, 5.74) is 8.37. The summed E-state index contributed by atoms with van der Waals surface area (Å²) in [6.07, 6.45) is 0.628. The van der Waals surface area contributed by atoms with E-state index in [4.69, 9.17) is 5.73 Å². The van der Waals surface area contributed by atoms with Crippen LogP contribution in [-0.2, 0) is 13.0 Å². The highest BCUT2D eigenvalue weighted by Gasteiger charge is 2.26. The summed E-state index contributed by atoms with van der Waals surface area (Å²) in [5, 5.41) is 9.72. The summed E-state index contributed by atoms with van der Waals surface area (Å²) >= 11 is 0. The summed E-state index contributed by atoms with van der Waals surface area (Å²) < 4.78 is 13.8. The molecule has 1 amide bonds. The van der Waals surface area contributed by atoms with Gasteiger partial charge in [0.15, 0.2) is 0 Å². The lowest BCUT2D eigenvalue weighted by atomic mass is 9.97. The molecule has 108 valence electrons. The van der Waals surface area contributed by atoms with Crippen LogP contribution >= 0.6 is 0 Å². The van der Waals surface area contributed by atoms with Crippen molar-refractivity contribution in [1.82, 2.24) is 4.90 Å². The Balaban J connectivity index is 1.91. The average Bonchev–Trinajstić information content (AvgIpc) is 2.47. The molecule has 0 aromatic heterocycles. The predicted molar refractivity (Wildman–Crippen MR) is 77.4 cm³/mol. The van der Waals surface area contributed by atoms with Crippen molar-refractivity contribution in [3.63, 3.8) is 0 Å². The molecule has 3 N–H and O–H groups in total. The molecule has 4 nitrogen and oxygen atoms in total. The van der Waals surface area contributed by atoms with Crippen LogP contribution in [0.4, 0.5) is 10.1 Å². The first-order valence-electron chi connectivity index (χ1n) is 6.71. The smallest absolute Gasteiger partial charge is 0.260 e. The predicted octanol–water partition coefficient (Wildman–Crippen LogP) is 2.31. The fourth-order valence-electron chi connectivity index (χ4n) is 2.69. The van der Waals surface area contributed by atoms with E-state index in [1.807, 2.05) is 18.2 Å². The number of anilines is 1. The number of nitrogens with zero attached hydrogens (tertiary/aromatic N) is 1. The molecule has 21 heavy (non-hydrogen) atoms. The van der Waals surface area contributed by atoms with E-state index in [1.54, 1.807) is 0 Å². The number of fused-ring (bicyclic) bond motifs is 1. The fourth-order valence-corrected chi connectivity index (χ4v) is 2.69. The van der Waals surface area contributed by atoms with Gasteiger partial charge in [-0.25, -0.2) is 4.39 Å². The van der Waals surface area contributed by atoms with E-state index in [-0.39, 0.29) is 11.3 Å². The molecule has 0 radical (unpaired) electrons. The van der Waals surface area contributed by atoms with Crippen LogP contribution in [0.1, 0.15) is 21.5 Å². The highest BCUT2D eigenvalue weighted by atomic mass is 19.1. The largest absolute Gasteiger partial charge is 0.507 e. The molecule has 3 rings (SSSR count). The van der Waals surface area contributed by atoms with Crippen molar-refractivity contribution in [3.05, 3.63) is 58.9 Å². The van der Waals surface area contributed by atoms with Crippen molar-refractivity contribution < 1.29 is 14.3 Å². The Kier molecular flexibility index (Phi) is 3.25. The molecule has 0 spiro atoms. The lowest BCUT2D eigenvalue weighted by Gasteiger charge is -2.30. The SMILES string of the molecule is Nc1cccc2c1CCN(C(=O)c1c(O)cccc1F)C2. The molecular formula is C16H15FN2O2. The number of amides is 1. The zero-order chi connectivity index (χ0) is 15.0. The number of nitrogen functional groups attached to an aromatic ring is 1. The molecule has 0 bridgehead atoms. The quantitative estimate of drug-likeness (QED) is 0.791. The average molecular weight is 286 g/mol. The van der Waals surface area contributed by atoms with Gasteiger partial charge in [0.1, 0.15) is 17.1 Å². The molecule has 2 aromatic carbocycles. The number of phenolic OH excluding ortho intramolecular Hbond substituents is 1. The molecule has 2 aromatic rings. The first-order chi connectivity index (χ1) is 10.1. The standard InChI is InChI=1S/C16H15FN2O2/c17-12-4-2-6-14(20)15(12)16(21)19-8-7-11-10(9-19)3-1-5-13(11)18/h1-6,20H,7-9,18H2. The molecule has 0 fully saturated rings. The highest BCUT2D eigenvalue weighted by Crippen LogP contribution is 2.27. The zero-order valence-corrected chi connectivity index (χ0v) is 11.3. The minimum atomic E-state index is -0.710. The Morgan fingerprint density at radius 1 is 1.24 bits per heavy atom. The number of carbonyl (C=O) groups is 1. The highest BCUT2D eigenvalue weighted by molar-refractivity contribution is 5.97. The molecule has 1 aliphatic rings. The van der Waals surface area contributed by atoms with Gasteiger partial charge >= 0.3 is 0 Å². The first kappa shape index (κ1) is 13.4. The summed E-state index contributed by atoms with van der Waals surface area (Å²) in [5.74, 6) is -1.55. The van der Waals surface area contributed by atoms with Gasteiger partial charge in [0.05, 0.1) is 0 Å². The third kappa shape index (κ3) is 2.31. The van der Waals surface area contributed by atoms with Gasteiger partial charge < -0.3 is 15.7 Å². The number of hydrogen-bond donors (Lipinski definition) is 2. The monoisotopic (exact) mass is 286 g/mol. The van der Waals surface area contributed by atoms with E-state index < -0.39 is 11.7 Å². The second-order valence-electron chi connectivity index (χ2n) is 5.10. The van der Waals surface area contributed by atoms with Crippen molar-refractivity contribution in [2.24, 2.45) is 0 Å². The molecule has 0 unspecified atom stereocenters. The minimum Gasteiger partial charge on any atom is -0.507 e. The second kappa shape index (κ2) is 5.09.